The number of unbranched alkanes of at least 4 members (excludes halogenated alkanes) is 4. The molecule has 2 aliphatic rings. The Morgan fingerprint density at radius 3 is 1.04 bits per heavy atom. The molecule has 0 aliphatic heterocycles. The van der Waals surface area contributed by atoms with Gasteiger partial charge in [0.25, 0.3) is 0 Å². The van der Waals surface area contributed by atoms with Crippen LogP contribution in [0.4, 0.5) is 34.1 Å². The number of carbonyl (C=O) groups is 3. The Morgan fingerprint density at radius 1 is 0.412 bits per heavy atom. The van der Waals surface area contributed by atoms with Gasteiger partial charge in [0.2, 0.25) is 0 Å². The number of anilines is 6. The van der Waals surface area contributed by atoms with Gasteiger partial charge in [0.1, 0.15) is 40.6 Å². The molecule has 568 valence electrons. The van der Waals surface area contributed by atoms with Crippen LogP contribution in [-0.4, -0.2) is 35.0 Å². The van der Waals surface area contributed by atoms with Crippen LogP contribution >= 0.6 is 0 Å². The number of carbonyl (C=O) groups excluding carboxylic acids is 1. The number of furan rings is 2. The number of hydrogen-bond donors (Lipinski definition) is 2. The van der Waals surface area contributed by atoms with E-state index in [1.807, 2.05) is 36.4 Å². The van der Waals surface area contributed by atoms with Crippen LogP contribution in [0.25, 0.3) is 100 Å². The van der Waals surface area contributed by atoms with Crippen molar-refractivity contribution >= 4 is 80.4 Å². The predicted octanol–water partition coefficient (Wildman–Crippen LogP) is 28.2. The van der Waals surface area contributed by atoms with Gasteiger partial charge in [-0.15, -0.1) is 0 Å². The summed E-state index contributed by atoms with van der Waals surface area (Å²) >= 11 is 0. The fourth-order valence-electron chi connectivity index (χ4n) is 16.6. The number of aldehydes is 1. The van der Waals surface area contributed by atoms with Crippen LogP contribution in [0.1, 0.15) is 150 Å². The number of carboxylic acids is 2. The molecule has 2 heterocycles. The molecule has 11 heteroatoms. The van der Waals surface area contributed by atoms with E-state index in [4.69, 9.17) is 20.5 Å². The predicted molar refractivity (Wildman–Crippen MR) is 467 cm³/mol. The van der Waals surface area contributed by atoms with E-state index in [1.165, 1.54) is 85.7 Å². The second kappa shape index (κ2) is 35.8. The molecule has 16 rings (SSSR count). The first-order chi connectivity index (χ1) is 55.3. The first-order valence-corrected chi connectivity index (χ1v) is 39.3. The molecule has 0 saturated carbocycles. The van der Waals surface area contributed by atoms with Crippen molar-refractivity contribution in [3.8, 4) is 73.2 Å². The number of fused-ring (bicyclic) bond motifs is 8. The van der Waals surface area contributed by atoms with Gasteiger partial charge in [0.15, 0.2) is 0 Å². The van der Waals surface area contributed by atoms with E-state index in [0.29, 0.717) is 16.7 Å². The molecule has 0 fully saturated rings. The lowest BCUT2D eigenvalue weighted by Gasteiger charge is -2.33. The Hall–Kier alpha value is -13.4. The largest absolute Gasteiger partial charge is 0.477 e. The average molecular weight is 1500 g/mol. The summed E-state index contributed by atoms with van der Waals surface area (Å²) < 4.78 is 12.8. The van der Waals surface area contributed by atoms with Crippen molar-refractivity contribution in [3.05, 3.63) is 342 Å². The second-order valence-electron chi connectivity index (χ2n) is 29.3. The van der Waals surface area contributed by atoms with Crippen LogP contribution < -0.4 is 9.80 Å². The van der Waals surface area contributed by atoms with Gasteiger partial charge in [0, 0.05) is 72.4 Å². The van der Waals surface area contributed by atoms with E-state index in [2.05, 4.69) is 291 Å². The molecule has 2 aliphatic carbocycles. The molecule has 0 saturated heterocycles. The van der Waals surface area contributed by atoms with Gasteiger partial charge in [-0.1, -0.05) is 256 Å². The summed E-state index contributed by atoms with van der Waals surface area (Å²) in [6.45, 7) is 14.7. The Bertz CT molecular complexity index is 5750. The van der Waals surface area contributed by atoms with E-state index in [0.717, 1.165) is 144 Å². The van der Waals surface area contributed by atoms with Crippen molar-refractivity contribution < 1.29 is 33.4 Å². The van der Waals surface area contributed by atoms with Crippen molar-refractivity contribution in [2.24, 2.45) is 0 Å². The maximum Gasteiger partial charge on any atom is 0.384 e. The lowest BCUT2D eigenvalue weighted by atomic mass is 9.70. The third-order valence-corrected chi connectivity index (χ3v) is 22.2. The molecule has 0 atom stereocenters. The maximum atomic E-state index is 11.4. The van der Waals surface area contributed by atoms with E-state index in [1.54, 1.807) is 12.1 Å². The van der Waals surface area contributed by atoms with Crippen LogP contribution in [0.3, 0.4) is 0 Å². The molecular weight excluding hydrogens is 1410 g/mol. The molecule has 12 aromatic carbocycles. The highest BCUT2D eigenvalue weighted by molar-refractivity contribution is 5.98. The zero-order chi connectivity index (χ0) is 78.4. The number of hydrogen-bond acceptors (Lipinski definition) is 8. The average Bonchev–Trinajstić information content (AvgIpc) is 1.56. The summed E-state index contributed by atoms with van der Waals surface area (Å²) in [4.78, 5) is 39.4. The van der Waals surface area contributed by atoms with Crippen molar-refractivity contribution in [3.63, 3.8) is 0 Å². The van der Waals surface area contributed by atoms with Crippen molar-refractivity contribution in [2.45, 2.75) is 123 Å². The van der Waals surface area contributed by atoms with Crippen LogP contribution in [0.5, 0.6) is 0 Å². The number of rotatable bonds is 26. The lowest BCUT2D eigenvalue weighted by Crippen LogP contribution is -2.25. The first kappa shape index (κ1) is 78.8. The smallest absolute Gasteiger partial charge is 0.384 e. The van der Waals surface area contributed by atoms with Gasteiger partial charge >= 0.3 is 18.5 Å². The van der Waals surface area contributed by atoms with Gasteiger partial charge in [0.05, 0.1) is 0 Å². The number of benzene rings is 12. The first-order valence-electron chi connectivity index (χ1n) is 39.3. The van der Waals surface area contributed by atoms with Crippen LogP contribution in [0.2, 0.25) is 0 Å². The van der Waals surface area contributed by atoms with Gasteiger partial charge in [-0.2, -0.15) is 5.26 Å². The Balaban J connectivity index is 0.000000185. The Kier molecular flexibility index (Phi) is 24.7. The zero-order valence-electron chi connectivity index (χ0n) is 64.3. The number of nitrogens with zero attached hydrogens (tertiary/aromatic N) is 4. The standard InChI is InChI=1S/C51H44N2O3.C48H43NO2.C3H3NO2.CH4/c1-3-5-27-51(28-6-4-2)46-31-37(36-19-23-43(24-20-36)53(41-13-9-7-10-14-41)42-15-11-8-12-16-42)21-25-44(46)45-26-22-38(32-47(45)51)49-33-39-18-17-35(30-48(39)56-49)29-40(34-52)50(54)55;1-3-5-27-48(28-6-4-2)44-30-36(35-19-23-41(24-20-35)49(39-13-9-7-10-14-39)40-15-11-8-12-16-40)21-25-42(44)43-26-22-37(31-45(43)48)47-32-38-18-17-34(33-50)29-46(38)51-47;1-4-2-3(5)6;/h7-26,29-33H,3-6,27-28H2,1-2H3,(H,54,55);7-26,29-33H,3-6,27-28H2,1-2H3;2H2,(H,5,6);1H4/b40-29-;;;. The van der Waals surface area contributed by atoms with E-state index in [-0.39, 0.29) is 23.8 Å². The minimum absolute atomic E-state index is 0. The van der Waals surface area contributed by atoms with Crippen LogP contribution in [0.15, 0.2) is 306 Å². The lowest BCUT2D eigenvalue weighted by molar-refractivity contribution is -0.135. The van der Waals surface area contributed by atoms with Crippen LogP contribution in [0, 0.1) is 17.9 Å². The van der Waals surface area contributed by atoms with Gasteiger partial charge in [-0.3, -0.25) is 4.79 Å². The summed E-state index contributed by atoms with van der Waals surface area (Å²) in [5.74, 6) is -0.711. The topological polar surface area (TPSA) is 153 Å². The van der Waals surface area contributed by atoms with Crippen molar-refractivity contribution in [2.75, 3.05) is 16.3 Å². The molecular formula is C103H94N4O7. The summed E-state index contributed by atoms with van der Waals surface area (Å²) in [5, 5.41) is 28.2. The van der Waals surface area contributed by atoms with Crippen molar-refractivity contribution in [1.82, 2.24) is 0 Å². The third kappa shape index (κ3) is 16.4. The molecule has 0 unspecified atom stereocenters. The van der Waals surface area contributed by atoms with E-state index >= 15 is 0 Å². The minimum atomic E-state index is -1.25. The molecule has 2 N–H and O–H groups in total. The fraction of sp³-hybridized carbons (Fsp3) is 0.194. The fourth-order valence-corrected chi connectivity index (χ4v) is 16.6. The summed E-state index contributed by atoms with van der Waals surface area (Å²) in [5.41, 5.74) is 26.8. The summed E-state index contributed by atoms with van der Waals surface area (Å²) in [6, 6.07) is 105. The van der Waals surface area contributed by atoms with E-state index in [9.17, 15) is 24.8 Å². The molecule has 114 heavy (non-hydrogen) atoms. The Morgan fingerprint density at radius 2 is 0.728 bits per heavy atom. The number of nitriles is 1. The molecule has 0 radical (unpaired) electrons. The van der Waals surface area contributed by atoms with Gasteiger partial charge in [-0.05, 0) is 225 Å². The Labute approximate surface area is 669 Å². The van der Waals surface area contributed by atoms with Gasteiger partial charge in [-0.25, -0.2) is 16.2 Å². The van der Waals surface area contributed by atoms with Crippen molar-refractivity contribution in [1.29, 1.82) is 5.26 Å². The number of carboxylic acid groups (broad SMARTS) is 2. The molecule has 0 amide bonds. The molecule has 14 aromatic rings. The third-order valence-electron chi connectivity index (χ3n) is 22.2. The second-order valence-corrected chi connectivity index (χ2v) is 29.3. The number of aliphatic carboxylic acids is 2. The summed E-state index contributed by atoms with van der Waals surface area (Å²) in [6.07, 6.45) is 15.7. The van der Waals surface area contributed by atoms with E-state index < -0.39 is 18.5 Å². The number of para-hydroxylation sites is 4. The highest BCUT2D eigenvalue weighted by Gasteiger charge is 2.44. The molecule has 2 aromatic heterocycles. The SMILES string of the molecule is C.CCCCC1(CCCC)c2cc(-c3ccc(N(c4ccccc4)c4ccccc4)cc3)ccc2-c2ccc(-c3cc4ccc(/C=C(/C#N)C(=O)O)cc4o3)cc21.CCCCC1(CCCC)c2cc(-c3ccc(N(c4ccccc4)c4ccccc4)cc3)ccc2-c2ccc(-c3cc4ccc(C=O)cc4o3)cc21.[C-]#[N+]CC(=O)O. The maximum absolute atomic E-state index is 11.4. The van der Waals surface area contributed by atoms with Gasteiger partial charge < -0.3 is 33.7 Å². The normalized spacial score (nSPS) is 12.4. The highest BCUT2D eigenvalue weighted by Crippen LogP contribution is 2.58. The molecule has 0 bridgehead atoms. The zero-order valence-corrected chi connectivity index (χ0v) is 64.3. The van der Waals surface area contributed by atoms with Crippen LogP contribution in [-0.2, 0) is 20.4 Å². The summed E-state index contributed by atoms with van der Waals surface area (Å²) in [7, 11) is 0. The monoisotopic (exact) mass is 1500 g/mol. The minimum Gasteiger partial charge on any atom is -0.477 e. The quantitative estimate of drug-likeness (QED) is 0.0232. The highest BCUT2D eigenvalue weighted by atomic mass is 16.4. The molecule has 0 spiro atoms. The molecule has 11 nitrogen and oxygen atoms in total.